The molecule has 2 aromatic carbocycles. The van der Waals surface area contributed by atoms with Gasteiger partial charge in [0.25, 0.3) is 0 Å². The molecule has 2 amide bonds. The first-order valence-electron chi connectivity index (χ1n) is 8.59. The molecular weight excluding hydrogens is 335 g/mol. The van der Waals surface area contributed by atoms with Crippen LogP contribution in [0.5, 0.6) is 0 Å². The number of nitrogens with zero attached hydrogens (tertiary/aromatic N) is 1. The van der Waals surface area contributed by atoms with Crippen LogP contribution in [0.2, 0.25) is 0 Å². The highest BCUT2D eigenvalue weighted by molar-refractivity contribution is 5.89. The second-order valence-electron chi connectivity index (χ2n) is 5.87. The molecule has 2 rings (SSSR count). The van der Waals surface area contributed by atoms with Gasteiger partial charge in [0.15, 0.2) is 0 Å². The van der Waals surface area contributed by atoms with E-state index in [2.05, 4.69) is 5.32 Å². The predicted molar refractivity (Wildman–Crippen MR) is 99.5 cm³/mol. The maximum absolute atomic E-state index is 13.2. The molecule has 0 saturated carbocycles. The maximum Gasteiger partial charge on any atom is 0.321 e. The molecule has 0 aromatic heterocycles. The van der Waals surface area contributed by atoms with Gasteiger partial charge in [0.05, 0.1) is 19.8 Å². The number of nitrogens with one attached hydrogen (secondary N) is 1. The highest BCUT2D eigenvalue weighted by atomic mass is 19.1. The van der Waals surface area contributed by atoms with Crippen molar-refractivity contribution in [2.24, 2.45) is 0 Å². The first-order chi connectivity index (χ1) is 12.6. The van der Waals surface area contributed by atoms with Gasteiger partial charge in [-0.3, -0.25) is 0 Å². The van der Waals surface area contributed by atoms with Gasteiger partial charge in [0.1, 0.15) is 5.82 Å². The molecule has 0 unspecified atom stereocenters. The molecule has 0 aliphatic rings. The molecule has 0 radical (unpaired) electrons. The zero-order valence-corrected chi connectivity index (χ0v) is 15.2. The van der Waals surface area contributed by atoms with Crippen LogP contribution in [-0.2, 0) is 22.6 Å². The molecule has 0 bridgehead atoms. The number of ether oxygens (including phenoxy) is 2. The number of hydrogen-bond acceptors (Lipinski definition) is 3. The fourth-order valence-corrected chi connectivity index (χ4v) is 2.39. The molecule has 0 aliphatic heterocycles. The van der Waals surface area contributed by atoms with Crippen molar-refractivity contribution >= 4 is 11.7 Å². The Bertz CT molecular complexity index is 709. The van der Waals surface area contributed by atoms with E-state index >= 15 is 0 Å². The molecule has 2 aromatic rings. The number of amides is 2. The molecule has 26 heavy (non-hydrogen) atoms. The van der Waals surface area contributed by atoms with E-state index in [9.17, 15) is 9.18 Å². The van der Waals surface area contributed by atoms with Crippen LogP contribution in [0.4, 0.5) is 14.9 Å². The Morgan fingerprint density at radius 3 is 2.58 bits per heavy atom. The van der Waals surface area contributed by atoms with Crippen molar-refractivity contribution in [2.75, 3.05) is 32.2 Å². The van der Waals surface area contributed by atoms with E-state index in [0.29, 0.717) is 38.7 Å². The summed E-state index contributed by atoms with van der Waals surface area (Å²) in [5.74, 6) is -0.312. The van der Waals surface area contributed by atoms with Crippen LogP contribution in [0.15, 0.2) is 48.5 Å². The Labute approximate surface area is 153 Å². The normalized spacial score (nSPS) is 10.6. The van der Waals surface area contributed by atoms with Crippen LogP contribution < -0.4 is 5.32 Å². The average molecular weight is 360 g/mol. The number of carbonyl (C=O) groups excluding carboxylic acids is 1. The van der Waals surface area contributed by atoms with Crippen LogP contribution >= 0.6 is 0 Å². The van der Waals surface area contributed by atoms with E-state index in [1.54, 1.807) is 19.2 Å². The van der Waals surface area contributed by atoms with Gasteiger partial charge in [0.2, 0.25) is 0 Å². The molecular formula is C20H25FN2O3. The number of anilines is 1. The van der Waals surface area contributed by atoms with Crippen molar-refractivity contribution in [3.05, 3.63) is 65.5 Å². The number of carbonyl (C=O) groups is 1. The zero-order valence-electron chi connectivity index (χ0n) is 15.2. The van der Waals surface area contributed by atoms with Crippen molar-refractivity contribution in [1.82, 2.24) is 4.90 Å². The summed E-state index contributed by atoms with van der Waals surface area (Å²) in [6, 6.07) is 13.4. The first kappa shape index (κ1) is 19.9. The summed E-state index contributed by atoms with van der Waals surface area (Å²) in [5.41, 5.74) is 2.39. The first-order valence-corrected chi connectivity index (χ1v) is 8.59. The minimum absolute atomic E-state index is 0.260. The van der Waals surface area contributed by atoms with Crippen molar-refractivity contribution in [2.45, 2.75) is 20.1 Å². The SMILES string of the molecule is CCOCCOCc1cccc(NC(=O)N(C)Cc2cccc(F)c2)c1. The standard InChI is InChI=1S/C20H25FN2O3/c1-3-25-10-11-26-15-17-7-5-9-19(13-17)22-20(24)23(2)14-16-6-4-8-18(21)12-16/h4-9,12-13H,3,10-11,14-15H2,1-2H3,(H,22,24). The van der Waals surface area contributed by atoms with E-state index < -0.39 is 0 Å². The molecule has 0 saturated heterocycles. The lowest BCUT2D eigenvalue weighted by molar-refractivity contribution is 0.0453. The van der Waals surface area contributed by atoms with E-state index in [1.807, 2.05) is 31.2 Å². The summed E-state index contributed by atoms with van der Waals surface area (Å²) < 4.78 is 24.0. The van der Waals surface area contributed by atoms with Crippen LogP contribution in [0.25, 0.3) is 0 Å². The summed E-state index contributed by atoms with van der Waals surface area (Å²) in [4.78, 5) is 13.8. The Morgan fingerprint density at radius 2 is 1.81 bits per heavy atom. The van der Waals surface area contributed by atoms with Crippen LogP contribution in [-0.4, -0.2) is 37.8 Å². The minimum atomic E-state index is -0.312. The van der Waals surface area contributed by atoms with Crippen LogP contribution in [0, 0.1) is 5.82 Å². The molecule has 0 fully saturated rings. The number of hydrogen-bond donors (Lipinski definition) is 1. The largest absolute Gasteiger partial charge is 0.379 e. The van der Waals surface area contributed by atoms with Crippen molar-refractivity contribution in [3.63, 3.8) is 0 Å². The van der Waals surface area contributed by atoms with E-state index in [1.165, 1.54) is 17.0 Å². The van der Waals surface area contributed by atoms with E-state index in [0.717, 1.165) is 11.1 Å². The average Bonchev–Trinajstić information content (AvgIpc) is 2.62. The molecule has 0 heterocycles. The van der Waals surface area contributed by atoms with Gasteiger partial charge in [-0.15, -0.1) is 0 Å². The Hall–Kier alpha value is -2.44. The molecule has 6 heteroatoms. The smallest absolute Gasteiger partial charge is 0.321 e. The summed E-state index contributed by atoms with van der Waals surface area (Å²) in [6.45, 7) is 4.49. The zero-order chi connectivity index (χ0) is 18.8. The summed E-state index contributed by atoms with van der Waals surface area (Å²) >= 11 is 0. The lowest BCUT2D eigenvalue weighted by Crippen LogP contribution is -2.30. The highest BCUT2D eigenvalue weighted by Crippen LogP contribution is 2.13. The third-order valence-electron chi connectivity index (χ3n) is 3.68. The minimum Gasteiger partial charge on any atom is -0.379 e. The highest BCUT2D eigenvalue weighted by Gasteiger charge is 2.10. The Morgan fingerprint density at radius 1 is 1.08 bits per heavy atom. The van der Waals surface area contributed by atoms with Crippen LogP contribution in [0.3, 0.4) is 0 Å². The molecule has 1 N–H and O–H groups in total. The summed E-state index contributed by atoms with van der Waals surface area (Å²) in [7, 11) is 1.67. The summed E-state index contributed by atoms with van der Waals surface area (Å²) in [6.07, 6.45) is 0. The Balaban J connectivity index is 1.84. The van der Waals surface area contributed by atoms with Gasteiger partial charge in [0, 0.05) is 25.9 Å². The number of rotatable bonds is 9. The van der Waals surface area contributed by atoms with Gasteiger partial charge in [-0.05, 0) is 42.3 Å². The van der Waals surface area contributed by atoms with Crippen LogP contribution in [0.1, 0.15) is 18.1 Å². The van der Waals surface area contributed by atoms with Crippen molar-refractivity contribution in [3.8, 4) is 0 Å². The lowest BCUT2D eigenvalue weighted by atomic mass is 10.2. The van der Waals surface area contributed by atoms with Gasteiger partial charge >= 0.3 is 6.03 Å². The van der Waals surface area contributed by atoms with Gasteiger partial charge in [-0.25, -0.2) is 9.18 Å². The Kier molecular flexibility index (Phi) is 8.05. The van der Waals surface area contributed by atoms with Gasteiger partial charge in [-0.1, -0.05) is 24.3 Å². The molecule has 0 aliphatic carbocycles. The lowest BCUT2D eigenvalue weighted by Gasteiger charge is -2.18. The number of halogens is 1. The molecule has 5 nitrogen and oxygen atoms in total. The topological polar surface area (TPSA) is 50.8 Å². The third-order valence-corrected chi connectivity index (χ3v) is 3.68. The maximum atomic E-state index is 13.2. The van der Waals surface area contributed by atoms with Gasteiger partial charge in [-0.2, -0.15) is 0 Å². The fourth-order valence-electron chi connectivity index (χ4n) is 2.39. The summed E-state index contributed by atoms with van der Waals surface area (Å²) in [5, 5.41) is 2.84. The van der Waals surface area contributed by atoms with Crippen molar-refractivity contribution in [1.29, 1.82) is 0 Å². The molecule has 0 atom stereocenters. The van der Waals surface area contributed by atoms with Crippen molar-refractivity contribution < 1.29 is 18.7 Å². The number of benzene rings is 2. The number of urea groups is 1. The second kappa shape index (κ2) is 10.5. The molecule has 0 spiro atoms. The quantitative estimate of drug-likeness (QED) is 0.687. The van der Waals surface area contributed by atoms with E-state index in [-0.39, 0.29) is 11.8 Å². The van der Waals surface area contributed by atoms with Gasteiger partial charge < -0.3 is 19.7 Å². The predicted octanol–water partition coefficient (Wildman–Crippen LogP) is 4.04. The fraction of sp³-hybridized carbons (Fsp3) is 0.350. The second-order valence-corrected chi connectivity index (χ2v) is 5.87. The third kappa shape index (κ3) is 6.82. The molecule has 140 valence electrons. The monoisotopic (exact) mass is 360 g/mol. The van der Waals surface area contributed by atoms with E-state index in [4.69, 9.17) is 9.47 Å².